The van der Waals surface area contributed by atoms with Crippen molar-refractivity contribution in [3.8, 4) is 0 Å². The molecule has 0 radical (unpaired) electrons. The Morgan fingerprint density at radius 3 is 2.60 bits per heavy atom. The number of nitrogens with one attached hydrogen (secondary N) is 1. The lowest BCUT2D eigenvalue weighted by molar-refractivity contribution is 0.124. The van der Waals surface area contributed by atoms with Gasteiger partial charge in [-0.3, -0.25) is 14.6 Å². The summed E-state index contributed by atoms with van der Waals surface area (Å²) >= 11 is 0. The molecule has 1 fully saturated rings. The fourth-order valence-corrected chi connectivity index (χ4v) is 4.12. The van der Waals surface area contributed by atoms with Crippen LogP contribution in [0, 0.1) is 11.6 Å². The van der Waals surface area contributed by atoms with E-state index in [0.717, 1.165) is 64.0 Å². The Balaban J connectivity index is 1.49. The molecule has 1 aliphatic rings. The number of piperazine rings is 1. The number of benzene rings is 1. The number of halogens is 2. The van der Waals surface area contributed by atoms with Crippen molar-refractivity contribution in [2.75, 3.05) is 39.8 Å². The van der Waals surface area contributed by atoms with Gasteiger partial charge in [0, 0.05) is 70.7 Å². The van der Waals surface area contributed by atoms with Crippen LogP contribution in [0.25, 0.3) is 0 Å². The molecule has 1 aromatic carbocycles. The van der Waals surface area contributed by atoms with Crippen LogP contribution in [0.2, 0.25) is 0 Å². The van der Waals surface area contributed by atoms with E-state index < -0.39 is 11.6 Å². The van der Waals surface area contributed by atoms with Gasteiger partial charge in [0.1, 0.15) is 11.6 Å². The molecule has 1 saturated heterocycles. The molecule has 164 valence electrons. The summed E-state index contributed by atoms with van der Waals surface area (Å²) in [4.78, 5) is 8.95. The quantitative estimate of drug-likeness (QED) is 0.427. The van der Waals surface area contributed by atoms with E-state index in [1.807, 2.05) is 31.0 Å². The summed E-state index contributed by atoms with van der Waals surface area (Å²) in [6.45, 7) is 6.16. The van der Waals surface area contributed by atoms with Crippen LogP contribution < -0.4 is 5.32 Å². The Labute approximate surface area is 177 Å². The first kappa shape index (κ1) is 22.2. The number of hydrogen-bond acceptors (Lipinski definition) is 3. The molecule has 0 aliphatic carbocycles. The molecule has 1 N–H and O–H groups in total. The topological polar surface area (TPSA) is 48.7 Å². The van der Waals surface area contributed by atoms with Gasteiger partial charge in [0.2, 0.25) is 0 Å². The van der Waals surface area contributed by atoms with Gasteiger partial charge in [-0.2, -0.15) is 5.10 Å². The van der Waals surface area contributed by atoms with Crippen LogP contribution in [-0.4, -0.2) is 65.3 Å². The zero-order valence-electron chi connectivity index (χ0n) is 18.1. The van der Waals surface area contributed by atoms with Crippen LogP contribution in [0.1, 0.15) is 36.9 Å². The van der Waals surface area contributed by atoms with Crippen molar-refractivity contribution in [1.29, 1.82) is 0 Å². The van der Waals surface area contributed by atoms with Crippen LogP contribution >= 0.6 is 0 Å². The van der Waals surface area contributed by atoms with E-state index in [2.05, 4.69) is 25.2 Å². The van der Waals surface area contributed by atoms with Crippen LogP contribution in [0.4, 0.5) is 8.78 Å². The van der Waals surface area contributed by atoms with Crippen molar-refractivity contribution < 1.29 is 8.78 Å². The minimum Gasteiger partial charge on any atom is -0.356 e. The second kappa shape index (κ2) is 10.5. The molecular weight excluding hydrogens is 386 g/mol. The third-order valence-corrected chi connectivity index (χ3v) is 5.66. The Hall–Kier alpha value is -2.48. The molecule has 6 nitrogen and oxygen atoms in total. The molecule has 0 spiro atoms. The van der Waals surface area contributed by atoms with Crippen molar-refractivity contribution >= 4 is 5.96 Å². The zero-order valence-corrected chi connectivity index (χ0v) is 18.1. The predicted molar refractivity (Wildman–Crippen MR) is 115 cm³/mol. The summed E-state index contributed by atoms with van der Waals surface area (Å²) in [5, 5.41) is 7.65. The first-order chi connectivity index (χ1) is 14.5. The maximum Gasteiger partial charge on any atom is 0.193 e. The van der Waals surface area contributed by atoms with Crippen molar-refractivity contribution in [2.45, 2.75) is 32.2 Å². The van der Waals surface area contributed by atoms with Crippen LogP contribution in [-0.2, 0) is 13.5 Å². The summed E-state index contributed by atoms with van der Waals surface area (Å²) in [6.07, 6.45) is 6.72. The van der Waals surface area contributed by atoms with Crippen LogP contribution in [0.15, 0.2) is 35.6 Å². The third kappa shape index (κ3) is 5.56. The lowest BCUT2D eigenvalue weighted by atomic mass is 10.0. The molecule has 1 atom stereocenters. The number of hydrogen-bond donors (Lipinski definition) is 1. The van der Waals surface area contributed by atoms with Crippen molar-refractivity contribution in [2.24, 2.45) is 12.0 Å². The molecule has 3 rings (SSSR count). The SMILES string of the molecule is CCC(c1ccc(F)cc1F)N1CCN(C(=NC)NCCCc2cnn(C)c2)CC1. The molecule has 1 aliphatic heterocycles. The van der Waals surface area contributed by atoms with E-state index in [0.29, 0.717) is 5.56 Å². The summed E-state index contributed by atoms with van der Waals surface area (Å²) < 4.78 is 29.4. The highest BCUT2D eigenvalue weighted by molar-refractivity contribution is 5.80. The molecule has 0 saturated carbocycles. The van der Waals surface area contributed by atoms with Crippen molar-refractivity contribution in [3.05, 3.63) is 53.4 Å². The van der Waals surface area contributed by atoms with Gasteiger partial charge in [0.05, 0.1) is 6.20 Å². The van der Waals surface area contributed by atoms with E-state index in [1.54, 1.807) is 13.1 Å². The zero-order chi connectivity index (χ0) is 21.5. The number of rotatable bonds is 7. The van der Waals surface area contributed by atoms with Crippen molar-refractivity contribution in [1.82, 2.24) is 24.9 Å². The lowest BCUT2D eigenvalue weighted by Crippen LogP contribution is -2.53. The minimum atomic E-state index is -0.533. The fraction of sp³-hybridized carbons (Fsp3) is 0.545. The van der Waals surface area contributed by atoms with Gasteiger partial charge >= 0.3 is 0 Å². The van der Waals surface area contributed by atoms with Gasteiger partial charge in [-0.15, -0.1) is 0 Å². The Morgan fingerprint density at radius 1 is 1.23 bits per heavy atom. The average Bonchev–Trinajstić information content (AvgIpc) is 3.16. The molecular formula is C22H32F2N6. The third-order valence-electron chi connectivity index (χ3n) is 5.66. The predicted octanol–water partition coefficient (Wildman–Crippen LogP) is 2.98. The Morgan fingerprint density at radius 2 is 2.00 bits per heavy atom. The Bertz CT molecular complexity index is 842. The molecule has 30 heavy (non-hydrogen) atoms. The molecule has 1 aromatic heterocycles. The van der Waals surface area contributed by atoms with E-state index >= 15 is 0 Å². The highest BCUT2D eigenvalue weighted by Gasteiger charge is 2.27. The van der Waals surface area contributed by atoms with Gasteiger partial charge in [-0.1, -0.05) is 13.0 Å². The van der Waals surface area contributed by atoms with Gasteiger partial charge in [0.15, 0.2) is 5.96 Å². The van der Waals surface area contributed by atoms with E-state index in [1.165, 1.54) is 11.6 Å². The summed E-state index contributed by atoms with van der Waals surface area (Å²) in [6, 6.07) is 3.86. The second-order valence-corrected chi connectivity index (χ2v) is 7.71. The molecule has 0 bridgehead atoms. The highest BCUT2D eigenvalue weighted by atomic mass is 19.1. The van der Waals surface area contributed by atoms with Gasteiger partial charge in [0.25, 0.3) is 0 Å². The van der Waals surface area contributed by atoms with E-state index in [4.69, 9.17) is 0 Å². The summed E-state index contributed by atoms with van der Waals surface area (Å²) in [5.74, 6) is -0.0912. The molecule has 0 amide bonds. The number of nitrogens with zero attached hydrogens (tertiary/aromatic N) is 5. The number of aromatic nitrogens is 2. The maximum absolute atomic E-state index is 14.3. The fourth-order valence-electron chi connectivity index (χ4n) is 4.12. The first-order valence-corrected chi connectivity index (χ1v) is 10.6. The Kier molecular flexibility index (Phi) is 7.79. The van der Waals surface area contributed by atoms with Crippen LogP contribution in [0.5, 0.6) is 0 Å². The summed E-state index contributed by atoms with van der Waals surface area (Å²) in [5.41, 5.74) is 1.81. The monoisotopic (exact) mass is 418 g/mol. The molecule has 2 aromatic rings. The first-order valence-electron chi connectivity index (χ1n) is 10.6. The van der Waals surface area contributed by atoms with Crippen molar-refractivity contribution in [3.63, 3.8) is 0 Å². The highest BCUT2D eigenvalue weighted by Crippen LogP contribution is 2.28. The largest absolute Gasteiger partial charge is 0.356 e. The van der Waals surface area contributed by atoms with E-state index in [-0.39, 0.29) is 6.04 Å². The maximum atomic E-state index is 14.3. The van der Waals surface area contributed by atoms with Crippen LogP contribution in [0.3, 0.4) is 0 Å². The smallest absolute Gasteiger partial charge is 0.193 e. The molecule has 2 heterocycles. The molecule has 8 heteroatoms. The number of aryl methyl sites for hydroxylation is 2. The van der Waals surface area contributed by atoms with Gasteiger partial charge in [-0.25, -0.2) is 8.78 Å². The average molecular weight is 419 g/mol. The number of aliphatic imine (C=N–C) groups is 1. The van der Waals surface area contributed by atoms with Gasteiger partial charge in [-0.05, 0) is 30.9 Å². The second-order valence-electron chi connectivity index (χ2n) is 7.71. The minimum absolute atomic E-state index is 0.0396. The summed E-state index contributed by atoms with van der Waals surface area (Å²) in [7, 11) is 3.73. The normalized spacial score (nSPS) is 16.7. The molecule has 1 unspecified atom stereocenters. The number of guanidine groups is 1. The van der Waals surface area contributed by atoms with Gasteiger partial charge < -0.3 is 10.2 Å². The standard InChI is InChI=1S/C22H32F2N6/c1-4-21(19-8-7-18(23)14-20(19)24)29-10-12-30(13-11-29)22(25-2)26-9-5-6-17-15-27-28(3)16-17/h7-8,14-16,21H,4-6,9-13H2,1-3H3,(H,25,26). The lowest BCUT2D eigenvalue weighted by Gasteiger charge is -2.40. The van der Waals surface area contributed by atoms with E-state index in [9.17, 15) is 8.78 Å².